The fourth-order valence-corrected chi connectivity index (χ4v) is 2.99. The van der Waals surface area contributed by atoms with Crippen LogP contribution in [-0.2, 0) is 6.54 Å². The van der Waals surface area contributed by atoms with Crippen LogP contribution in [0.3, 0.4) is 0 Å². The smallest absolute Gasteiger partial charge is 0.176 e. The molecule has 3 rings (SSSR count). The zero-order valence-electron chi connectivity index (χ0n) is 13.5. The van der Waals surface area contributed by atoms with E-state index in [9.17, 15) is 4.39 Å². The standard InChI is InChI=1S/C18H16BrFN4S/c1-12-5-4-7-14(9-12)21-18(25)22-17-15(19)11-24(23-17)10-13-6-2-3-8-16(13)20/h2-9,11H,10H2,1H3,(H2,21,22,23,25). The first-order valence-electron chi connectivity index (χ1n) is 7.62. The minimum atomic E-state index is -0.250. The monoisotopic (exact) mass is 418 g/mol. The zero-order chi connectivity index (χ0) is 17.8. The van der Waals surface area contributed by atoms with Gasteiger partial charge in [-0.1, -0.05) is 30.3 Å². The summed E-state index contributed by atoms with van der Waals surface area (Å²) in [5, 5.41) is 11.0. The van der Waals surface area contributed by atoms with Gasteiger partial charge in [0.1, 0.15) is 5.82 Å². The lowest BCUT2D eigenvalue weighted by atomic mass is 10.2. The molecule has 0 radical (unpaired) electrons. The minimum absolute atomic E-state index is 0.250. The largest absolute Gasteiger partial charge is 0.332 e. The van der Waals surface area contributed by atoms with E-state index in [0.29, 0.717) is 23.0 Å². The summed E-state index contributed by atoms with van der Waals surface area (Å²) in [4.78, 5) is 0. The van der Waals surface area contributed by atoms with Crippen molar-refractivity contribution >= 4 is 44.8 Å². The highest BCUT2D eigenvalue weighted by atomic mass is 79.9. The number of benzene rings is 2. The van der Waals surface area contributed by atoms with Gasteiger partial charge in [-0.25, -0.2) is 4.39 Å². The minimum Gasteiger partial charge on any atom is -0.332 e. The van der Waals surface area contributed by atoms with Gasteiger partial charge in [-0.05, 0) is 58.8 Å². The summed E-state index contributed by atoms with van der Waals surface area (Å²) in [6.07, 6.45) is 1.78. The third kappa shape index (κ3) is 4.64. The third-order valence-electron chi connectivity index (χ3n) is 3.52. The predicted octanol–water partition coefficient (Wildman–Crippen LogP) is 4.95. The average Bonchev–Trinajstić information content (AvgIpc) is 2.89. The molecular weight excluding hydrogens is 403 g/mol. The number of halogens is 2. The molecule has 0 spiro atoms. The number of rotatable bonds is 4. The molecule has 0 unspecified atom stereocenters. The Morgan fingerprint density at radius 2 is 2.00 bits per heavy atom. The second kappa shape index (κ2) is 7.76. The molecule has 2 N–H and O–H groups in total. The van der Waals surface area contributed by atoms with Crippen LogP contribution < -0.4 is 10.6 Å². The Morgan fingerprint density at radius 1 is 1.20 bits per heavy atom. The molecule has 1 aromatic heterocycles. The first-order valence-corrected chi connectivity index (χ1v) is 8.82. The Kier molecular flexibility index (Phi) is 5.45. The van der Waals surface area contributed by atoms with Crippen LogP contribution in [-0.4, -0.2) is 14.9 Å². The number of hydrogen-bond acceptors (Lipinski definition) is 2. The van der Waals surface area contributed by atoms with Gasteiger partial charge in [0, 0.05) is 17.4 Å². The van der Waals surface area contributed by atoms with Crippen molar-refractivity contribution in [3.05, 3.63) is 76.1 Å². The van der Waals surface area contributed by atoms with Gasteiger partial charge in [0.2, 0.25) is 0 Å². The molecule has 0 aliphatic rings. The Bertz CT molecular complexity index is 910. The van der Waals surface area contributed by atoms with Crippen LogP contribution in [0.25, 0.3) is 0 Å². The van der Waals surface area contributed by atoms with Crippen molar-refractivity contribution in [1.82, 2.24) is 9.78 Å². The number of aromatic nitrogens is 2. The molecule has 0 atom stereocenters. The van der Waals surface area contributed by atoms with Crippen LogP contribution in [0, 0.1) is 12.7 Å². The van der Waals surface area contributed by atoms with Crippen molar-refractivity contribution in [3.8, 4) is 0 Å². The highest BCUT2D eigenvalue weighted by molar-refractivity contribution is 9.10. The molecular formula is C18H16BrFN4S. The van der Waals surface area contributed by atoms with Crippen molar-refractivity contribution in [1.29, 1.82) is 0 Å². The molecule has 7 heteroatoms. The lowest BCUT2D eigenvalue weighted by Crippen LogP contribution is -2.19. The van der Waals surface area contributed by atoms with Crippen molar-refractivity contribution < 1.29 is 4.39 Å². The fourth-order valence-electron chi connectivity index (χ4n) is 2.36. The van der Waals surface area contributed by atoms with Gasteiger partial charge in [0.05, 0.1) is 11.0 Å². The summed E-state index contributed by atoms with van der Waals surface area (Å²) in [5.74, 6) is 0.321. The van der Waals surface area contributed by atoms with E-state index in [1.165, 1.54) is 6.07 Å². The number of thiocarbonyl (C=S) groups is 1. The molecule has 0 saturated heterocycles. The Hall–Kier alpha value is -2.25. The Morgan fingerprint density at radius 3 is 2.76 bits per heavy atom. The van der Waals surface area contributed by atoms with Crippen LogP contribution in [0.15, 0.2) is 59.2 Å². The van der Waals surface area contributed by atoms with E-state index < -0.39 is 0 Å². The summed E-state index contributed by atoms with van der Waals surface area (Å²) in [6, 6.07) is 14.6. The van der Waals surface area contributed by atoms with Gasteiger partial charge in [-0.3, -0.25) is 4.68 Å². The van der Waals surface area contributed by atoms with E-state index in [1.807, 2.05) is 31.2 Å². The summed E-state index contributed by atoms with van der Waals surface area (Å²) >= 11 is 8.78. The molecule has 2 aromatic carbocycles. The van der Waals surface area contributed by atoms with E-state index in [1.54, 1.807) is 29.1 Å². The van der Waals surface area contributed by atoms with Crippen molar-refractivity contribution in [2.75, 3.05) is 10.6 Å². The number of nitrogens with one attached hydrogen (secondary N) is 2. The van der Waals surface area contributed by atoms with Crippen molar-refractivity contribution in [2.45, 2.75) is 13.5 Å². The summed E-state index contributed by atoms with van der Waals surface area (Å²) in [5.41, 5.74) is 2.62. The summed E-state index contributed by atoms with van der Waals surface area (Å²) in [6.45, 7) is 2.35. The van der Waals surface area contributed by atoms with Crippen LogP contribution in [0.2, 0.25) is 0 Å². The maximum Gasteiger partial charge on any atom is 0.176 e. The SMILES string of the molecule is Cc1cccc(NC(=S)Nc2nn(Cc3ccccc3F)cc2Br)c1. The molecule has 128 valence electrons. The van der Waals surface area contributed by atoms with Crippen LogP contribution >= 0.6 is 28.1 Å². The number of aryl methyl sites for hydroxylation is 1. The second-order valence-corrected chi connectivity index (χ2v) is 6.83. The van der Waals surface area contributed by atoms with E-state index in [4.69, 9.17) is 12.2 Å². The first kappa shape index (κ1) is 17.6. The van der Waals surface area contributed by atoms with Crippen molar-refractivity contribution in [3.63, 3.8) is 0 Å². The van der Waals surface area contributed by atoms with Crippen LogP contribution in [0.1, 0.15) is 11.1 Å². The van der Waals surface area contributed by atoms with Crippen LogP contribution in [0.5, 0.6) is 0 Å². The van der Waals surface area contributed by atoms with Crippen molar-refractivity contribution in [2.24, 2.45) is 0 Å². The fraction of sp³-hybridized carbons (Fsp3) is 0.111. The topological polar surface area (TPSA) is 41.9 Å². The molecule has 0 amide bonds. The number of anilines is 2. The van der Waals surface area contributed by atoms with Gasteiger partial charge in [-0.15, -0.1) is 0 Å². The highest BCUT2D eigenvalue weighted by Gasteiger charge is 2.10. The van der Waals surface area contributed by atoms with Gasteiger partial charge in [-0.2, -0.15) is 5.10 Å². The quantitative estimate of drug-likeness (QED) is 0.588. The van der Waals surface area contributed by atoms with E-state index in [0.717, 1.165) is 15.7 Å². The lowest BCUT2D eigenvalue weighted by molar-refractivity contribution is 0.586. The molecule has 0 aliphatic carbocycles. The first-order chi connectivity index (χ1) is 12.0. The third-order valence-corrected chi connectivity index (χ3v) is 4.30. The maximum atomic E-state index is 13.8. The molecule has 0 fully saturated rings. The molecule has 4 nitrogen and oxygen atoms in total. The second-order valence-electron chi connectivity index (χ2n) is 5.56. The van der Waals surface area contributed by atoms with E-state index >= 15 is 0 Å². The van der Waals surface area contributed by atoms with Gasteiger partial charge in [0.25, 0.3) is 0 Å². The lowest BCUT2D eigenvalue weighted by Gasteiger charge is -2.09. The highest BCUT2D eigenvalue weighted by Crippen LogP contribution is 2.21. The molecule has 0 aliphatic heterocycles. The van der Waals surface area contributed by atoms with Gasteiger partial charge >= 0.3 is 0 Å². The zero-order valence-corrected chi connectivity index (χ0v) is 15.9. The van der Waals surface area contributed by atoms with Gasteiger partial charge in [0.15, 0.2) is 10.9 Å². The predicted molar refractivity (Wildman–Crippen MR) is 106 cm³/mol. The summed E-state index contributed by atoms with van der Waals surface area (Å²) < 4.78 is 16.2. The Labute approximate surface area is 159 Å². The molecule has 25 heavy (non-hydrogen) atoms. The molecule has 0 bridgehead atoms. The molecule has 3 aromatic rings. The number of hydrogen-bond donors (Lipinski definition) is 2. The summed E-state index contributed by atoms with van der Waals surface area (Å²) in [7, 11) is 0. The van der Waals surface area contributed by atoms with Gasteiger partial charge < -0.3 is 10.6 Å². The molecule has 0 saturated carbocycles. The molecule has 1 heterocycles. The maximum absolute atomic E-state index is 13.8. The average molecular weight is 419 g/mol. The normalized spacial score (nSPS) is 10.5. The van der Waals surface area contributed by atoms with E-state index in [-0.39, 0.29) is 5.82 Å². The Balaban J connectivity index is 1.68. The van der Waals surface area contributed by atoms with Crippen LogP contribution in [0.4, 0.5) is 15.9 Å². The van der Waals surface area contributed by atoms with E-state index in [2.05, 4.69) is 31.7 Å². The number of nitrogens with zero attached hydrogens (tertiary/aromatic N) is 2.